The highest BCUT2D eigenvalue weighted by Gasteiger charge is 2.24. The van der Waals surface area contributed by atoms with Crippen LogP contribution in [-0.2, 0) is 10.1 Å². The summed E-state index contributed by atoms with van der Waals surface area (Å²) in [4.78, 5) is 12.4. The van der Waals surface area contributed by atoms with Crippen molar-refractivity contribution in [1.29, 1.82) is 0 Å². The highest BCUT2D eigenvalue weighted by atomic mass is 32.2. The van der Waals surface area contributed by atoms with E-state index in [9.17, 15) is 17.8 Å². The molecular weight excluding hydrogens is 392 g/mol. The fraction of sp³-hybridized carbons (Fsp3) is 0.409. The van der Waals surface area contributed by atoms with E-state index in [2.05, 4.69) is 6.92 Å². The van der Waals surface area contributed by atoms with Gasteiger partial charge < -0.3 is 9.47 Å². The second-order valence-electron chi connectivity index (χ2n) is 6.79. The van der Waals surface area contributed by atoms with E-state index in [1.165, 1.54) is 26.0 Å². The molecule has 6 nitrogen and oxygen atoms in total. The van der Waals surface area contributed by atoms with Gasteiger partial charge >= 0.3 is 0 Å². The summed E-state index contributed by atoms with van der Waals surface area (Å²) in [6.45, 7) is 2.46. The van der Waals surface area contributed by atoms with Crippen LogP contribution >= 0.6 is 0 Å². The zero-order valence-corrected chi connectivity index (χ0v) is 17.7. The zero-order valence-electron chi connectivity index (χ0n) is 16.9. The molecule has 2 aromatic rings. The van der Waals surface area contributed by atoms with Crippen LogP contribution in [0.5, 0.6) is 11.5 Å². The third-order valence-corrected chi connectivity index (χ3v) is 5.45. The highest BCUT2D eigenvalue weighted by Crippen LogP contribution is 2.34. The molecule has 0 amide bonds. The largest absolute Gasteiger partial charge is 0.496 e. The van der Waals surface area contributed by atoms with Gasteiger partial charge in [0.25, 0.3) is 10.1 Å². The monoisotopic (exact) mass is 420 g/mol. The number of rotatable bonds is 12. The zero-order chi connectivity index (χ0) is 21.3. The van der Waals surface area contributed by atoms with Crippen LogP contribution in [0.3, 0.4) is 0 Å². The summed E-state index contributed by atoms with van der Waals surface area (Å²) in [5, 5.41) is 0. The fourth-order valence-electron chi connectivity index (χ4n) is 3.01. The van der Waals surface area contributed by atoms with Gasteiger partial charge in [0.15, 0.2) is 5.78 Å². The van der Waals surface area contributed by atoms with Crippen molar-refractivity contribution >= 4 is 15.9 Å². The Labute approximate surface area is 172 Å². The van der Waals surface area contributed by atoms with Crippen molar-refractivity contribution < 1.29 is 27.2 Å². The summed E-state index contributed by atoms with van der Waals surface area (Å²) in [5.74, 6) is -0.249. The predicted octanol–water partition coefficient (Wildman–Crippen LogP) is 4.91. The van der Waals surface area contributed by atoms with Crippen LogP contribution in [0.4, 0.5) is 0 Å². The quantitative estimate of drug-likeness (QED) is 0.298. The van der Waals surface area contributed by atoms with Gasteiger partial charge in [-0.15, -0.1) is 0 Å². The van der Waals surface area contributed by atoms with E-state index in [0.717, 1.165) is 31.7 Å². The van der Waals surface area contributed by atoms with Crippen molar-refractivity contribution in [3.63, 3.8) is 0 Å². The molecule has 0 unspecified atom stereocenters. The number of ketones is 1. The van der Waals surface area contributed by atoms with Gasteiger partial charge in [0.05, 0.1) is 19.3 Å². The number of methoxy groups -OCH3 is 1. The third kappa shape index (κ3) is 6.58. The molecule has 0 aliphatic rings. The topological polar surface area (TPSA) is 89.9 Å². The summed E-state index contributed by atoms with van der Waals surface area (Å²) < 4.78 is 44.4. The second kappa shape index (κ2) is 11.0. The smallest absolute Gasteiger partial charge is 0.298 e. The van der Waals surface area contributed by atoms with E-state index in [-0.39, 0.29) is 17.1 Å². The van der Waals surface area contributed by atoms with Gasteiger partial charge in [-0.05, 0) is 12.5 Å². The lowest BCUT2D eigenvalue weighted by molar-refractivity contribution is 0.103. The number of carbonyl (C=O) groups excluding carboxylic acids is 1. The number of carbonyl (C=O) groups is 1. The first-order valence-corrected chi connectivity index (χ1v) is 11.2. The molecule has 0 aromatic heterocycles. The van der Waals surface area contributed by atoms with Crippen LogP contribution in [0.25, 0.3) is 0 Å². The Hall–Kier alpha value is -2.38. The van der Waals surface area contributed by atoms with E-state index in [4.69, 9.17) is 9.47 Å². The maximum atomic E-state index is 12.8. The molecule has 2 rings (SSSR count). The van der Waals surface area contributed by atoms with Gasteiger partial charge in [-0.2, -0.15) is 8.42 Å². The Kier molecular flexibility index (Phi) is 8.67. The standard InChI is InChI=1S/C22H28O6S/c1-3-4-5-6-7-11-14-28-20-16-19(27-2)18(15-21(20)29(24,25)26)22(23)17-12-9-8-10-13-17/h8-10,12-13,15-16H,3-7,11,14H2,1-2H3,(H,24,25,26). The summed E-state index contributed by atoms with van der Waals surface area (Å²) in [7, 11) is -3.19. The maximum absolute atomic E-state index is 12.8. The molecule has 29 heavy (non-hydrogen) atoms. The normalized spacial score (nSPS) is 11.3. The lowest BCUT2D eigenvalue weighted by Crippen LogP contribution is -2.10. The molecule has 0 aliphatic heterocycles. The van der Waals surface area contributed by atoms with Gasteiger partial charge in [-0.1, -0.05) is 69.4 Å². The van der Waals surface area contributed by atoms with Crippen LogP contribution in [0.15, 0.2) is 47.4 Å². The molecule has 0 heterocycles. The average molecular weight is 421 g/mol. The number of unbranched alkanes of at least 4 members (excludes halogenated alkanes) is 5. The van der Waals surface area contributed by atoms with Crippen LogP contribution < -0.4 is 9.47 Å². The Morgan fingerprint density at radius 2 is 1.62 bits per heavy atom. The van der Waals surface area contributed by atoms with E-state index in [1.807, 2.05) is 0 Å². The van der Waals surface area contributed by atoms with Crippen molar-refractivity contribution in [2.24, 2.45) is 0 Å². The number of ether oxygens (including phenoxy) is 2. The second-order valence-corrected chi connectivity index (χ2v) is 8.18. The molecule has 0 bridgehead atoms. The van der Waals surface area contributed by atoms with E-state index < -0.39 is 20.8 Å². The third-order valence-electron chi connectivity index (χ3n) is 4.58. The van der Waals surface area contributed by atoms with Crippen LogP contribution in [0.2, 0.25) is 0 Å². The Morgan fingerprint density at radius 1 is 0.966 bits per heavy atom. The number of benzene rings is 2. The molecule has 0 saturated carbocycles. The Balaban J connectivity index is 2.25. The van der Waals surface area contributed by atoms with Crippen LogP contribution in [0.1, 0.15) is 61.4 Å². The average Bonchev–Trinajstić information content (AvgIpc) is 2.72. The van der Waals surface area contributed by atoms with Crippen molar-refractivity contribution in [3.8, 4) is 11.5 Å². The molecule has 0 aliphatic carbocycles. The SMILES string of the molecule is CCCCCCCCOc1cc(OC)c(C(=O)c2ccccc2)cc1S(=O)(=O)O. The first kappa shape index (κ1) is 22.9. The molecule has 0 radical (unpaired) electrons. The Morgan fingerprint density at radius 3 is 2.24 bits per heavy atom. The van der Waals surface area contributed by atoms with Gasteiger partial charge in [-0.25, -0.2) is 0 Å². The highest BCUT2D eigenvalue weighted by molar-refractivity contribution is 7.86. The molecule has 0 atom stereocenters. The van der Waals surface area contributed by atoms with Crippen molar-refractivity contribution in [1.82, 2.24) is 0 Å². The van der Waals surface area contributed by atoms with Crippen molar-refractivity contribution in [3.05, 3.63) is 53.6 Å². The fourth-order valence-corrected chi connectivity index (χ4v) is 3.65. The van der Waals surface area contributed by atoms with Crippen LogP contribution in [0, 0.1) is 0 Å². The lowest BCUT2D eigenvalue weighted by atomic mass is 10.0. The molecule has 0 fully saturated rings. The van der Waals surface area contributed by atoms with Gasteiger partial charge in [0, 0.05) is 11.6 Å². The molecule has 7 heteroatoms. The number of hydrogen-bond donors (Lipinski definition) is 1. The van der Waals surface area contributed by atoms with E-state index in [0.29, 0.717) is 12.2 Å². The van der Waals surface area contributed by atoms with Crippen molar-refractivity contribution in [2.45, 2.75) is 50.3 Å². The van der Waals surface area contributed by atoms with Gasteiger partial charge in [0.1, 0.15) is 16.4 Å². The van der Waals surface area contributed by atoms with Gasteiger partial charge in [-0.3, -0.25) is 9.35 Å². The molecule has 2 aromatic carbocycles. The van der Waals surface area contributed by atoms with E-state index in [1.54, 1.807) is 30.3 Å². The summed E-state index contributed by atoms with van der Waals surface area (Å²) in [5.41, 5.74) is 0.422. The Bertz CT molecular complexity index is 906. The first-order valence-electron chi connectivity index (χ1n) is 9.80. The molecule has 1 N–H and O–H groups in total. The number of hydrogen-bond acceptors (Lipinski definition) is 5. The minimum absolute atomic E-state index is 0.0254. The van der Waals surface area contributed by atoms with Crippen LogP contribution in [-0.4, -0.2) is 32.5 Å². The van der Waals surface area contributed by atoms with Crippen molar-refractivity contribution in [2.75, 3.05) is 13.7 Å². The molecular formula is C22H28O6S. The predicted molar refractivity (Wildman–Crippen MR) is 112 cm³/mol. The minimum Gasteiger partial charge on any atom is -0.496 e. The molecule has 158 valence electrons. The molecule has 0 saturated heterocycles. The lowest BCUT2D eigenvalue weighted by Gasteiger charge is -2.15. The van der Waals surface area contributed by atoms with Gasteiger partial charge in [0.2, 0.25) is 0 Å². The molecule has 0 spiro atoms. The summed E-state index contributed by atoms with van der Waals surface area (Å²) >= 11 is 0. The van der Waals surface area contributed by atoms with E-state index >= 15 is 0 Å². The summed E-state index contributed by atoms with van der Waals surface area (Å²) in [6, 6.07) is 10.9. The summed E-state index contributed by atoms with van der Waals surface area (Å²) in [6.07, 6.45) is 6.36. The maximum Gasteiger partial charge on any atom is 0.298 e. The minimum atomic E-state index is -4.58. The first-order chi connectivity index (χ1) is 13.9.